The average molecular weight is 336 g/mol. The minimum atomic E-state index is -0.713. The largest absolute Gasteiger partial charge is 0.317 e. The minimum Gasteiger partial charge on any atom is -0.317 e. The normalized spacial score (nSPS) is 15.9. The Hall–Kier alpha value is -1.73. The standard InChI is InChI=1S/C13H14BrN5O/c14-10-3-1-2-9(6-10)7-19-8-16-12(18-19)17-11(20)13(15)4-5-13/h1-3,6,8H,4-5,7,15H2,(H,17,18,20). The van der Waals surface area contributed by atoms with Crippen molar-refractivity contribution in [2.45, 2.75) is 24.9 Å². The second-order valence-electron chi connectivity index (χ2n) is 5.01. The van der Waals surface area contributed by atoms with Gasteiger partial charge in [0.15, 0.2) is 0 Å². The van der Waals surface area contributed by atoms with Gasteiger partial charge in [0, 0.05) is 4.47 Å². The Bertz CT molecular complexity index is 650. The highest BCUT2D eigenvalue weighted by Crippen LogP contribution is 2.32. The molecular formula is C13H14BrN5O. The van der Waals surface area contributed by atoms with Crippen molar-refractivity contribution in [1.82, 2.24) is 14.8 Å². The number of hydrogen-bond donors (Lipinski definition) is 2. The fourth-order valence-corrected chi connectivity index (χ4v) is 2.28. The van der Waals surface area contributed by atoms with Gasteiger partial charge >= 0.3 is 0 Å². The van der Waals surface area contributed by atoms with Crippen LogP contribution < -0.4 is 11.1 Å². The molecule has 3 rings (SSSR count). The van der Waals surface area contributed by atoms with E-state index in [0.717, 1.165) is 22.9 Å². The van der Waals surface area contributed by atoms with Gasteiger partial charge in [-0.15, -0.1) is 5.10 Å². The number of aromatic nitrogens is 3. The molecule has 1 amide bonds. The highest BCUT2D eigenvalue weighted by molar-refractivity contribution is 9.10. The summed E-state index contributed by atoms with van der Waals surface area (Å²) >= 11 is 3.43. The maximum atomic E-state index is 11.8. The first-order valence-electron chi connectivity index (χ1n) is 6.29. The topological polar surface area (TPSA) is 85.8 Å². The summed E-state index contributed by atoms with van der Waals surface area (Å²) in [5.41, 5.74) is 6.19. The number of rotatable bonds is 4. The number of amides is 1. The summed E-state index contributed by atoms with van der Waals surface area (Å²) in [6, 6.07) is 7.94. The Morgan fingerprint density at radius 3 is 3.00 bits per heavy atom. The molecule has 20 heavy (non-hydrogen) atoms. The zero-order valence-electron chi connectivity index (χ0n) is 10.7. The van der Waals surface area contributed by atoms with Crippen molar-refractivity contribution in [3.8, 4) is 0 Å². The van der Waals surface area contributed by atoms with Crippen LogP contribution in [0.15, 0.2) is 35.1 Å². The molecule has 0 radical (unpaired) electrons. The molecule has 1 aromatic heterocycles. The summed E-state index contributed by atoms with van der Waals surface area (Å²) in [4.78, 5) is 15.8. The first-order chi connectivity index (χ1) is 9.55. The summed E-state index contributed by atoms with van der Waals surface area (Å²) < 4.78 is 2.69. The van der Waals surface area contributed by atoms with Gasteiger partial charge in [-0.25, -0.2) is 9.67 Å². The van der Waals surface area contributed by atoms with Crippen LogP contribution in [0.25, 0.3) is 0 Å². The third kappa shape index (κ3) is 2.88. The summed E-state index contributed by atoms with van der Waals surface area (Å²) in [6.07, 6.45) is 3.03. The molecule has 0 saturated heterocycles. The predicted molar refractivity (Wildman–Crippen MR) is 78.0 cm³/mol. The predicted octanol–water partition coefficient (Wildman–Crippen LogP) is 1.52. The molecule has 1 heterocycles. The van der Waals surface area contributed by atoms with Crippen LogP contribution in [0.1, 0.15) is 18.4 Å². The number of nitrogens with one attached hydrogen (secondary N) is 1. The van der Waals surface area contributed by atoms with Crippen LogP contribution in [0, 0.1) is 0 Å². The first-order valence-corrected chi connectivity index (χ1v) is 7.09. The van der Waals surface area contributed by atoms with E-state index in [1.54, 1.807) is 11.0 Å². The van der Waals surface area contributed by atoms with Crippen molar-refractivity contribution < 1.29 is 4.79 Å². The molecule has 6 nitrogen and oxygen atoms in total. The molecule has 0 unspecified atom stereocenters. The van der Waals surface area contributed by atoms with E-state index in [0.29, 0.717) is 12.5 Å². The van der Waals surface area contributed by atoms with Crippen LogP contribution in [0.2, 0.25) is 0 Å². The lowest BCUT2D eigenvalue weighted by molar-refractivity contribution is -0.118. The van der Waals surface area contributed by atoms with E-state index in [2.05, 4.69) is 31.3 Å². The second-order valence-corrected chi connectivity index (χ2v) is 5.92. The van der Waals surface area contributed by atoms with Gasteiger partial charge < -0.3 is 5.73 Å². The lowest BCUT2D eigenvalue weighted by atomic mass is 10.2. The van der Waals surface area contributed by atoms with Gasteiger partial charge in [-0.2, -0.15) is 0 Å². The van der Waals surface area contributed by atoms with Crippen LogP contribution in [0.5, 0.6) is 0 Å². The monoisotopic (exact) mass is 335 g/mol. The molecule has 1 aliphatic rings. The molecule has 0 atom stereocenters. The van der Waals surface area contributed by atoms with E-state index in [4.69, 9.17) is 5.73 Å². The third-order valence-electron chi connectivity index (χ3n) is 3.24. The summed E-state index contributed by atoms with van der Waals surface area (Å²) in [5.74, 6) is 0.0828. The van der Waals surface area contributed by atoms with Crippen molar-refractivity contribution in [3.63, 3.8) is 0 Å². The quantitative estimate of drug-likeness (QED) is 0.886. The van der Waals surface area contributed by atoms with E-state index in [1.165, 1.54) is 0 Å². The molecular weight excluding hydrogens is 322 g/mol. The van der Waals surface area contributed by atoms with Gasteiger partial charge in [0.05, 0.1) is 12.1 Å². The number of hydrogen-bond acceptors (Lipinski definition) is 4. The molecule has 1 saturated carbocycles. The maximum Gasteiger partial charge on any atom is 0.248 e. The lowest BCUT2D eigenvalue weighted by Gasteiger charge is -2.06. The fraction of sp³-hybridized carbons (Fsp3) is 0.308. The third-order valence-corrected chi connectivity index (χ3v) is 3.73. The first kappa shape index (κ1) is 13.3. The molecule has 7 heteroatoms. The Morgan fingerprint density at radius 1 is 1.50 bits per heavy atom. The van der Waals surface area contributed by atoms with Gasteiger partial charge in [-0.3, -0.25) is 10.1 Å². The van der Waals surface area contributed by atoms with Crippen LogP contribution in [0.3, 0.4) is 0 Å². The Labute approximate surface area is 124 Å². The number of halogens is 1. The smallest absolute Gasteiger partial charge is 0.248 e. The Balaban J connectivity index is 1.66. The maximum absolute atomic E-state index is 11.8. The van der Waals surface area contributed by atoms with Gasteiger partial charge in [-0.1, -0.05) is 28.1 Å². The number of benzene rings is 1. The molecule has 1 aliphatic carbocycles. The van der Waals surface area contributed by atoms with Gasteiger partial charge in [0.25, 0.3) is 0 Å². The van der Waals surface area contributed by atoms with Crippen molar-refractivity contribution in [2.75, 3.05) is 5.32 Å². The van der Waals surface area contributed by atoms with Crippen LogP contribution >= 0.6 is 15.9 Å². The number of carbonyl (C=O) groups is 1. The van der Waals surface area contributed by atoms with Gasteiger partial charge in [0.2, 0.25) is 11.9 Å². The molecule has 0 bridgehead atoms. The number of anilines is 1. The van der Waals surface area contributed by atoms with E-state index in [-0.39, 0.29) is 5.91 Å². The van der Waals surface area contributed by atoms with E-state index < -0.39 is 5.54 Å². The lowest BCUT2D eigenvalue weighted by Crippen LogP contribution is -2.38. The zero-order valence-corrected chi connectivity index (χ0v) is 12.3. The number of nitrogens with zero attached hydrogens (tertiary/aromatic N) is 3. The van der Waals surface area contributed by atoms with Gasteiger partial charge in [0.1, 0.15) is 6.33 Å². The summed E-state index contributed by atoms with van der Waals surface area (Å²) in [6.45, 7) is 0.593. The van der Waals surface area contributed by atoms with Crippen LogP contribution in [0.4, 0.5) is 5.95 Å². The number of carbonyl (C=O) groups excluding carboxylic acids is 1. The Kier molecular flexibility index (Phi) is 3.31. The van der Waals surface area contributed by atoms with Crippen LogP contribution in [-0.4, -0.2) is 26.2 Å². The van der Waals surface area contributed by atoms with Crippen LogP contribution in [-0.2, 0) is 11.3 Å². The van der Waals surface area contributed by atoms with Crippen molar-refractivity contribution >= 4 is 27.8 Å². The van der Waals surface area contributed by atoms with E-state index in [9.17, 15) is 4.79 Å². The van der Waals surface area contributed by atoms with E-state index in [1.807, 2.05) is 24.3 Å². The summed E-state index contributed by atoms with van der Waals surface area (Å²) in [7, 11) is 0. The van der Waals surface area contributed by atoms with Crippen molar-refractivity contribution in [2.24, 2.45) is 5.73 Å². The van der Waals surface area contributed by atoms with Gasteiger partial charge in [-0.05, 0) is 30.5 Å². The molecule has 0 spiro atoms. The summed E-state index contributed by atoms with van der Waals surface area (Å²) in [5, 5.41) is 6.86. The zero-order chi connectivity index (χ0) is 14.2. The molecule has 104 valence electrons. The Morgan fingerprint density at radius 2 is 2.30 bits per heavy atom. The highest BCUT2D eigenvalue weighted by Gasteiger charge is 2.46. The average Bonchev–Trinajstić information content (AvgIpc) is 3.01. The SMILES string of the molecule is NC1(C(=O)Nc2ncn(Cc3cccc(Br)c3)n2)CC1. The van der Waals surface area contributed by atoms with Crippen molar-refractivity contribution in [1.29, 1.82) is 0 Å². The molecule has 2 aromatic rings. The fourth-order valence-electron chi connectivity index (χ4n) is 1.84. The number of nitrogens with two attached hydrogens (primary N) is 1. The van der Waals surface area contributed by atoms with Crippen molar-refractivity contribution in [3.05, 3.63) is 40.6 Å². The van der Waals surface area contributed by atoms with E-state index >= 15 is 0 Å². The molecule has 0 aliphatic heterocycles. The molecule has 1 aromatic carbocycles. The minimum absolute atomic E-state index is 0.210. The molecule has 1 fully saturated rings. The second kappa shape index (κ2) is 4.99. The molecule has 3 N–H and O–H groups in total. The highest BCUT2D eigenvalue weighted by atomic mass is 79.9.